The summed E-state index contributed by atoms with van der Waals surface area (Å²) in [6.45, 7) is -10.4. The van der Waals surface area contributed by atoms with Crippen LogP contribution in [0.25, 0.3) is 0 Å². The van der Waals surface area contributed by atoms with Crippen LogP contribution in [0.4, 0.5) is 105 Å². The molecular formula is C43H68F24O8Si4. The van der Waals surface area contributed by atoms with Crippen LogP contribution in [0.1, 0.15) is 111 Å². The van der Waals surface area contributed by atoms with Crippen molar-refractivity contribution in [1.82, 2.24) is 0 Å². The van der Waals surface area contributed by atoms with Crippen LogP contribution in [0.15, 0.2) is 12.2 Å². The van der Waals surface area contributed by atoms with Gasteiger partial charge < -0.3 is 31.3 Å². The molecule has 0 spiro atoms. The zero-order valence-electron chi connectivity index (χ0n) is 43.6. The minimum absolute atomic E-state index is 0.0158. The highest BCUT2D eigenvalue weighted by Gasteiger charge is 2.90. The van der Waals surface area contributed by atoms with Gasteiger partial charge in [-0.1, -0.05) is 65.9 Å². The maximum absolute atomic E-state index is 16.7. The molecule has 0 saturated carbocycles. The highest BCUT2D eigenvalue weighted by atomic mass is 28.5. The molecule has 0 fully saturated rings. The van der Waals surface area contributed by atoms with Crippen LogP contribution in [0.3, 0.4) is 0 Å². The van der Waals surface area contributed by atoms with Gasteiger partial charge >= 0.3 is 74.9 Å². The molecule has 36 heteroatoms. The number of unbranched alkanes of at least 4 members (excludes halogenated alkanes) is 6. The minimum Gasteiger partial charge on any atom is -0.462 e. The van der Waals surface area contributed by atoms with Crippen molar-refractivity contribution < 1.29 is 141 Å². The highest BCUT2D eigenvalue weighted by molar-refractivity contribution is 6.95. The number of rotatable bonds is 44. The molecule has 0 aliphatic rings. The first kappa shape index (κ1) is 77.2. The number of halogens is 24. The first-order valence-electron chi connectivity index (χ1n) is 24.9. The van der Waals surface area contributed by atoms with Crippen molar-refractivity contribution >= 4 is 39.7 Å². The van der Waals surface area contributed by atoms with E-state index in [1.807, 2.05) is 0 Å². The lowest BCUT2D eigenvalue weighted by Crippen LogP contribution is -2.84. The summed E-state index contributed by atoms with van der Waals surface area (Å²) in [7, 11) is -36.5. The molecule has 0 N–H and O–H groups in total. The van der Waals surface area contributed by atoms with E-state index in [-0.39, 0.29) is 38.5 Å². The second-order valence-electron chi connectivity index (χ2n) is 18.5. The summed E-state index contributed by atoms with van der Waals surface area (Å²) in [6, 6.07) is -11.6. The topological polar surface area (TPSA) is 81.7 Å². The molecule has 0 aliphatic heterocycles. The Morgan fingerprint density at radius 1 is 0.380 bits per heavy atom. The van der Waals surface area contributed by atoms with Gasteiger partial charge in [-0.05, 0) is 70.0 Å². The second kappa shape index (κ2) is 31.9. The minimum atomic E-state index is -9.15. The van der Waals surface area contributed by atoms with Crippen LogP contribution < -0.4 is 0 Å². The largest absolute Gasteiger partial charge is 0.470 e. The average molecular weight is 1280 g/mol. The predicted octanol–water partition coefficient (Wildman–Crippen LogP) is 15.8. The Morgan fingerprint density at radius 3 is 0.835 bits per heavy atom. The van der Waals surface area contributed by atoms with Gasteiger partial charge in [0.15, 0.2) is 20.0 Å². The molecule has 3 atom stereocenters. The summed E-state index contributed by atoms with van der Waals surface area (Å²) in [4.78, 5) is 12.4. The number of carbonyl (C=O) groups is 1. The van der Waals surface area contributed by atoms with Crippen molar-refractivity contribution in [2.24, 2.45) is 0 Å². The van der Waals surface area contributed by atoms with E-state index >= 15 is 52.7 Å². The monoisotopic (exact) mass is 1280 g/mol. The van der Waals surface area contributed by atoms with Gasteiger partial charge in [-0.25, -0.2) is 44.3 Å². The van der Waals surface area contributed by atoms with Gasteiger partial charge in [0.2, 0.25) is 0 Å². The smallest absolute Gasteiger partial charge is 0.462 e. The van der Waals surface area contributed by atoms with Gasteiger partial charge in [-0.15, -0.1) is 0 Å². The molecule has 0 bridgehead atoms. The lowest BCUT2D eigenvalue weighted by molar-refractivity contribution is -0.260. The van der Waals surface area contributed by atoms with E-state index in [4.69, 9.17) is 14.2 Å². The average Bonchev–Trinajstić information content (AvgIpc) is 3.34. The van der Waals surface area contributed by atoms with E-state index in [0.717, 1.165) is 6.92 Å². The van der Waals surface area contributed by atoms with Gasteiger partial charge in [-0.2, -0.15) is 65.9 Å². The van der Waals surface area contributed by atoms with E-state index in [1.165, 1.54) is 0 Å². The molecule has 0 rings (SSSR count). The molecule has 0 aromatic rings. The quantitative estimate of drug-likeness (QED) is 0.0196. The molecule has 3 unspecified atom stereocenters. The fraction of sp³-hybridized carbons (Fsp3) is 0.930. The summed E-state index contributed by atoms with van der Waals surface area (Å²) >= 11 is 0. The number of esters is 1. The predicted molar refractivity (Wildman–Crippen MR) is 247 cm³/mol. The Bertz CT molecular complexity index is 1620. The Hall–Kier alpha value is -1.84. The molecule has 0 amide bonds. The van der Waals surface area contributed by atoms with Crippen LogP contribution in [0, 0.1) is 0 Å². The summed E-state index contributed by atoms with van der Waals surface area (Å²) in [5.74, 6) is -1.67. The van der Waals surface area contributed by atoms with Crippen molar-refractivity contribution in [1.29, 1.82) is 0 Å². The van der Waals surface area contributed by atoms with Gasteiger partial charge in [0, 0.05) is 51.3 Å². The molecule has 472 valence electrons. The van der Waals surface area contributed by atoms with E-state index in [9.17, 15) is 57.5 Å². The van der Waals surface area contributed by atoms with Crippen LogP contribution in [-0.4, -0.2) is 158 Å². The van der Waals surface area contributed by atoms with Crippen LogP contribution in [0.5, 0.6) is 0 Å². The molecule has 0 aromatic carbocycles. The van der Waals surface area contributed by atoms with Crippen molar-refractivity contribution in [3.05, 3.63) is 12.2 Å². The summed E-state index contributed by atoms with van der Waals surface area (Å²) in [5, 5.41) is 0. The first-order valence-corrected chi connectivity index (χ1v) is 33.2. The summed E-state index contributed by atoms with van der Waals surface area (Å²) < 4.78 is 412. The van der Waals surface area contributed by atoms with Gasteiger partial charge in [0.1, 0.15) is 0 Å². The summed E-state index contributed by atoms with van der Waals surface area (Å²) in [5.41, 5.74) is -43.7. The lowest BCUT2D eigenvalue weighted by Gasteiger charge is -2.54. The molecule has 0 saturated heterocycles. The molecule has 0 radical (unpaired) electrons. The van der Waals surface area contributed by atoms with E-state index < -0.39 is 213 Å². The van der Waals surface area contributed by atoms with Gasteiger partial charge in [0.05, 0.1) is 6.61 Å². The number of hydrogen-bond donors (Lipinski definition) is 0. The van der Waals surface area contributed by atoms with E-state index in [2.05, 4.69) is 23.7 Å². The van der Waals surface area contributed by atoms with Crippen molar-refractivity contribution in [3.63, 3.8) is 0 Å². The summed E-state index contributed by atoms with van der Waals surface area (Å²) in [6.07, 6.45) is -28.4. The fourth-order valence-corrected chi connectivity index (χ4v) is 29.5. The lowest BCUT2D eigenvalue weighted by atomic mass is 10.3. The molecule has 0 aliphatic carbocycles. The molecule has 79 heavy (non-hydrogen) atoms. The number of alkyl halides is 24. The Labute approximate surface area is 446 Å². The van der Waals surface area contributed by atoms with Gasteiger partial charge in [0.25, 0.3) is 16.6 Å². The zero-order chi connectivity index (χ0) is 61.7. The Morgan fingerprint density at radius 2 is 0.620 bits per heavy atom. The third-order valence-electron chi connectivity index (χ3n) is 12.2. The SMILES string of the molecule is C=C(C)C(=O)OCCC[Si](O[Si](CCCOCCCCC)(C(F)(F)CF)C(F)(F)C(F)(F)F)(O[Si](CCCOCCCCC)(C(F)(F)CF)C(F)(F)C(F)(F)F)O[Si](CCCOCCCCC)(C(F)(F)CF)C(F)(F)C(F)(F)F. The van der Waals surface area contributed by atoms with Crippen molar-refractivity contribution in [2.45, 2.75) is 187 Å². The van der Waals surface area contributed by atoms with Crippen LogP contribution in [0.2, 0.25) is 24.2 Å². The molecule has 8 nitrogen and oxygen atoms in total. The molecule has 0 heterocycles. The first-order chi connectivity index (χ1) is 36.1. The molecule has 0 aromatic heterocycles. The maximum atomic E-state index is 16.7. The Balaban J connectivity index is 10.2. The van der Waals surface area contributed by atoms with E-state index in [1.54, 1.807) is 20.8 Å². The number of carbonyl (C=O) groups excluding carboxylic acids is 1. The fourth-order valence-electron chi connectivity index (χ4n) is 7.82. The normalized spacial score (nSPS) is 17.0. The third kappa shape index (κ3) is 19.1. The van der Waals surface area contributed by atoms with Crippen molar-refractivity contribution in [2.75, 3.05) is 66.3 Å². The third-order valence-corrected chi connectivity index (χ3v) is 32.1. The van der Waals surface area contributed by atoms with E-state index in [0.29, 0.717) is 19.3 Å². The Kier molecular flexibility index (Phi) is 31.1. The van der Waals surface area contributed by atoms with Crippen LogP contribution >= 0.6 is 0 Å². The zero-order valence-corrected chi connectivity index (χ0v) is 47.6. The number of ether oxygens (including phenoxy) is 4. The van der Waals surface area contributed by atoms with Crippen molar-refractivity contribution in [3.8, 4) is 0 Å². The number of hydrogen-bond acceptors (Lipinski definition) is 8. The highest BCUT2D eigenvalue weighted by Crippen LogP contribution is 2.59. The van der Waals surface area contributed by atoms with Crippen LogP contribution in [-0.2, 0) is 36.1 Å². The standard InChI is InChI=1S/C43H68F24O8Si4/c1-6-9-12-19-69-22-15-26-76(35(47,48)30-44,41(62,63)38(53,54)55)73-79(29-18-25-72-34(68)33(4)5,74-77(36(49,50)31-45,42(64,65)39(56,57)58)27-16-23-70-20-13-10-7-2)75-78(37(51,52)32-46,43(66,67)40(59,60)61)28-17-24-71-21-14-11-8-3/h4,6-32H2,1-3,5H3. The van der Waals surface area contributed by atoms with Gasteiger partial charge in [-0.3, -0.25) is 0 Å². The molecular weight excluding hydrogens is 1210 g/mol. The maximum Gasteiger partial charge on any atom is 0.470 e. The second-order valence-corrected chi connectivity index (χ2v) is 33.3.